The van der Waals surface area contributed by atoms with E-state index in [9.17, 15) is 9.59 Å². The van der Waals surface area contributed by atoms with Crippen LogP contribution in [-0.4, -0.2) is 5.91 Å². The van der Waals surface area contributed by atoms with Crippen LogP contribution in [0.4, 0.5) is 5.69 Å². The minimum atomic E-state index is -0.532. The summed E-state index contributed by atoms with van der Waals surface area (Å²) in [5.41, 5.74) is 0.514. The lowest BCUT2D eigenvalue weighted by Gasteiger charge is -2.07. The molecule has 1 aromatic heterocycles. The van der Waals surface area contributed by atoms with Crippen molar-refractivity contribution in [2.75, 3.05) is 5.32 Å². The van der Waals surface area contributed by atoms with E-state index in [-0.39, 0.29) is 11.2 Å². The molecule has 3 aromatic rings. The lowest BCUT2D eigenvalue weighted by atomic mass is 10.2. The quantitative estimate of drug-likeness (QED) is 0.716. The Balaban J connectivity index is 2.00. The van der Waals surface area contributed by atoms with Crippen molar-refractivity contribution in [1.29, 1.82) is 0 Å². The van der Waals surface area contributed by atoms with Crippen LogP contribution in [0.15, 0.2) is 62.2 Å². The Morgan fingerprint density at radius 3 is 2.68 bits per heavy atom. The largest absolute Gasteiger partial charge is 0.451 e. The number of para-hydroxylation sites is 1. The third-order valence-electron chi connectivity index (χ3n) is 3.04. The van der Waals surface area contributed by atoms with Crippen molar-refractivity contribution in [2.24, 2.45) is 0 Å². The second-order valence-corrected chi connectivity index (χ2v) is 5.87. The van der Waals surface area contributed by atoms with Crippen molar-refractivity contribution in [2.45, 2.75) is 0 Å². The molecule has 0 atom stereocenters. The van der Waals surface area contributed by atoms with Gasteiger partial charge in [0, 0.05) is 10.5 Å². The molecule has 4 nitrogen and oxygen atoms in total. The molecule has 0 unspecified atom stereocenters. The van der Waals surface area contributed by atoms with Gasteiger partial charge in [0.1, 0.15) is 5.58 Å². The van der Waals surface area contributed by atoms with E-state index >= 15 is 0 Å². The van der Waals surface area contributed by atoms with Gasteiger partial charge in [0.2, 0.25) is 0 Å². The lowest BCUT2D eigenvalue weighted by molar-refractivity contribution is 0.0997. The van der Waals surface area contributed by atoms with Crippen LogP contribution >= 0.6 is 27.5 Å². The fourth-order valence-electron chi connectivity index (χ4n) is 1.99. The Morgan fingerprint density at radius 1 is 1.14 bits per heavy atom. The van der Waals surface area contributed by atoms with Crippen LogP contribution in [0.1, 0.15) is 10.6 Å². The van der Waals surface area contributed by atoms with Crippen LogP contribution in [0.25, 0.3) is 11.0 Å². The molecule has 0 radical (unpaired) electrons. The molecule has 110 valence electrons. The molecule has 1 N–H and O–H groups in total. The van der Waals surface area contributed by atoms with Gasteiger partial charge in [-0.3, -0.25) is 9.59 Å². The van der Waals surface area contributed by atoms with Crippen molar-refractivity contribution in [3.63, 3.8) is 0 Å². The number of carbonyl (C=O) groups excluding carboxylic acids is 1. The summed E-state index contributed by atoms with van der Waals surface area (Å²) >= 11 is 9.28. The van der Waals surface area contributed by atoms with E-state index in [0.29, 0.717) is 21.7 Å². The lowest BCUT2D eigenvalue weighted by Crippen LogP contribution is -2.15. The molecule has 22 heavy (non-hydrogen) atoms. The van der Waals surface area contributed by atoms with E-state index in [1.54, 1.807) is 42.5 Å². The summed E-state index contributed by atoms with van der Waals surface area (Å²) in [5, 5.41) is 3.43. The van der Waals surface area contributed by atoms with Gasteiger partial charge in [0.05, 0.1) is 16.1 Å². The van der Waals surface area contributed by atoms with Crippen molar-refractivity contribution in [3.8, 4) is 0 Å². The molecule has 3 rings (SSSR count). The predicted molar refractivity (Wildman–Crippen MR) is 89.6 cm³/mol. The van der Waals surface area contributed by atoms with Gasteiger partial charge in [-0.15, -0.1) is 0 Å². The Bertz CT molecular complexity index is 936. The highest BCUT2D eigenvalue weighted by Crippen LogP contribution is 2.22. The number of nitrogens with one attached hydrogen (secondary N) is 1. The van der Waals surface area contributed by atoms with Gasteiger partial charge < -0.3 is 9.73 Å². The topological polar surface area (TPSA) is 59.3 Å². The SMILES string of the molecule is O=C(Nc1ccccc1Cl)c1cc(=O)c2cc(Br)ccc2o1. The van der Waals surface area contributed by atoms with E-state index in [1.807, 2.05) is 0 Å². The highest BCUT2D eigenvalue weighted by molar-refractivity contribution is 9.10. The van der Waals surface area contributed by atoms with Gasteiger partial charge in [-0.05, 0) is 30.3 Å². The molecule has 1 heterocycles. The second kappa shape index (κ2) is 5.94. The minimum Gasteiger partial charge on any atom is -0.451 e. The summed E-state index contributed by atoms with van der Waals surface area (Å²) < 4.78 is 6.26. The number of amides is 1. The number of hydrogen-bond acceptors (Lipinski definition) is 3. The first-order valence-corrected chi connectivity index (χ1v) is 7.51. The zero-order valence-electron chi connectivity index (χ0n) is 11.1. The van der Waals surface area contributed by atoms with Crippen LogP contribution in [-0.2, 0) is 0 Å². The minimum absolute atomic E-state index is 0.0697. The Labute approximate surface area is 138 Å². The maximum Gasteiger partial charge on any atom is 0.291 e. The van der Waals surface area contributed by atoms with Gasteiger partial charge in [0.25, 0.3) is 5.91 Å². The molecule has 1 amide bonds. The summed E-state index contributed by atoms with van der Waals surface area (Å²) in [6.07, 6.45) is 0. The maximum atomic E-state index is 12.2. The number of fused-ring (bicyclic) bond motifs is 1. The van der Waals surface area contributed by atoms with E-state index in [4.69, 9.17) is 16.0 Å². The Kier molecular flexibility index (Phi) is 4.00. The molecule has 0 aliphatic rings. The van der Waals surface area contributed by atoms with Gasteiger partial charge >= 0.3 is 0 Å². The van der Waals surface area contributed by atoms with E-state index in [0.717, 1.165) is 4.47 Å². The Hall–Kier alpha value is -2.11. The molecule has 0 fully saturated rings. The van der Waals surface area contributed by atoms with Crippen molar-refractivity contribution in [3.05, 3.63) is 74.0 Å². The molecular formula is C16H9BrClNO3. The summed E-state index contributed by atoms with van der Waals surface area (Å²) in [6, 6.07) is 13.0. The first-order valence-electron chi connectivity index (χ1n) is 6.34. The van der Waals surface area contributed by atoms with E-state index < -0.39 is 5.91 Å². The predicted octanol–water partition coefficient (Wildman–Crippen LogP) is 4.46. The van der Waals surface area contributed by atoms with Crippen LogP contribution in [0.5, 0.6) is 0 Å². The third kappa shape index (κ3) is 2.91. The average Bonchev–Trinajstić information content (AvgIpc) is 2.50. The Morgan fingerprint density at radius 2 is 1.91 bits per heavy atom. The van der Waals surface area contributed by atoms with Crippen LogP contribution in [0, 0.1) is 0 Å². The molecule has 0 saturated carbocycles. The molecule has 0 spiro atoms. The number of rotatable bonds is 2. The van der Waals surface area contributed by atoms with Crippen LogP contribution < -0.4 is 10.7 Å². The number of hydrogen-bond donors (Lipinski definition) is 1. The normalized spacial score (nSPS) is 10.6. The first kappa shape index (κ1) is 14.8. The zero-order chi connectivity index (χ0) is 15.7. The van der Waals surface area contributed by atoms with E-state index in [2.05, 4.69) is 21.2 Å². The second-order valence-electron chi connectivity index (χ2n) is 4.55. The average molecular weight is 379 g/mol. The fourth-order valence-corrected chi connectivity index (χ4v) is 2.53. The monoisotopic (exact) mass is 377 g/mol. The van der Waals surface area contributed by atoms with Crippen LogP contribution in [0.3, 0.4) is 0 Å². The highest BCUT2D eigenvalue weighted by Gasteiger charge is 2.14. The molecule has 6 heteroatoms. The van der Waals surface area contributed by atoms with Crippen LogP contribution in [0.2, 0.25) is 5.02 Å². The summed E-state index contributed by atoms with van der Waals surface area (Å²) in [5.74, 6) is -0.602. The molecule has 0 aliphatic heterocycles. The summed E-state index contributed by atoms with van der Waals surface area (Å²) in [6.45, 7) is 0. The fraction of sp³-hybridized carbons (Fsp3) is 0. The maximum absolute atomic E-state index is 12.2. The number of carbonyl (C=O) groups is 1. The standard InChI is InChI=1S/C16H9BrClNO3/c17-9-5-6-14-10(7-9)13(20)8-15(22-14)16(21)19-12-4-2-1-3-11(12)18/h1-8H,(H,19,21). The summed E-state index contributed by atoms with van der Waals surface area (Å²) in [7, 11) is 0. The molecule has 2 aromatic carbocycles. The smallest absolute Gasteiger partial charge is 0.291 e. The number of benzene rings is 2. The van der Waals surface area contributed by atoms with Crippen molar-refractivity contribution >= 4 is 50.1 Å². The highest BCUT2D eigenvalue weighted by atomic mass is 79.9. The summed E-state index contributed by atoms with van der Waals surface area (Å²) in [4.78, 5) is 24.3. The van der Waals surface area contributed by atoms with Gasteiger partial charge in [-0.1, -0.05) is 39.7 Å². The first-order chi connectivity index (χ1) is 10.5. The van der Waals surface area contributed by atoms with Crippen molar-refractivity contribution in [1.82, 2.24) is 0 Å². The van der Waals surface area contributed by atoms with Gasteiger partial charge in [0.15, 0.2) is 11.2 Å². The molecule has 0 saturated heterocycles. The zero-order valence-corrected chi connectivity index (χ0v) is 13.4. The molecule has 0 bridgehead atoms. The molecular weight excluding hydrogens is 370 g/mol. The van der Waals surface area contributed by atoms with E-state index in [1.165, 1.54) is 6.07 Å². The number of anilines is 1. The third-order valence-corrected chi connectivity index (χ3v) is 3.86. The van der Waals surface area contributed by atoms with Gasteiger partial charge in [-0.25, -0.2) is 0 Å². The molecule has 0 aliphatic carbocycles. The van der Waals surface area contributed by atoms with Crippen molar-refractivity contribution < 1.29 is 9.21 Å². The number of halogens is 2. The van der Waals surface area contributed by atoms with Gasteiger partial charge in [-0.2, -0.15) is 0 Å².